The van der Waals surface area contributed by atoms with E-state index >= 15 is 0 Å². The van der Waals surface area contributed by atoms with Crippen molar-refractivity contribution < 1.29 is 9.18 Å². The van der Waals surface area contributed by atoms with Crippen molar-refractivity contribution in [1.29, 1.82) is 0 Å². The highest BCUT2D eigenvalue weighted by atomic mass is 32.1. The molecule has 4 rings (SSSR count). The van der Waals surface area contributed by atoms with E-state index < -0.39 is 0 Å². The van der Waals surface area contributed by atoms with Crippen molar-refractivity contribution >= 4 is 22.9 Å². The summed E-state index contributed by atoms with van der Waals surface area (Å²) in [4.78, 5) is 19.0. The largest absolute Gasteiger partial charge is 0.307 e. The van der Waals surface area contributed by atoms with E-state index in [1.165, 1.54) is 23.5 Å². The molecule has 5 nitrogen and oxygen atoms in total. The van der Waals surface area contributed by atoms with E-state index in [-0.39, 0.29) is 11.7 Å². The van der Waals surface area contributed by atoms with Crippen LogP contribution in [0.4, 0.5) is 10.1 Å². The average molecular weight is 392 g/mol. The van der Waals surface area contributed by atoms with Crippen molar-refractivity contribution in [2.45, 2.75) is 6.92 Å². The van der Waals surface area contributed by atoms with Crippen LogP contribution >= 0.6 is 11.3 Å². The number of hydrogen-bond acceptors (Lipinski definition) is 4. The van der Waals surface area contributed by atoms with Crippen molar-refractivity contribution in [3.63, 3.8) is 0 Å². The molecule has 0 N–H and O–H groups in total. The van der Waals surface area contributed by atoms with E-state index in [1.54, 1.807) is 33.3 Å². The molecule has 0 aliphatic rings. The van der Waals surface area contributed by atoms with Crippen LogP contribution in [0.2, 0.25) is 0 Å². The van der Waals surface area contributed by atoms with Crippen LogP contribution in [0.5, 0.6) is 0 Å². The number of nitrogens with zero attached hydrogens (tertiary/aromatic N) is 4. The van der Waals surface area contributed by atoms with Gasteiger partial charge >= 0.3 is 0 Å². The molecule has 0 fully saturated rings. The van der Waals surface area contributed by atoms with Gasteiger partial charge in [-0.3, -0.25) is 4.79 Å². The Morgan fingerprint density at radius 1 is 1.14 bits per heavy atom. The van der Waals surface area contributed by atoms with Crippen molar-refractivity contribution in [1.82, 2.24) is 14.8 Å². The Bertz CT molecular complexity index is 1090. The molecule has 7 heteroatoms. The molecule has 0 atom stereocenters. The molecule has 0 bridgehead atoms. The molecule has 2 aromatic heterocycles. The summed E-state index contributed by atoms with van der Waals surface area (Å²) in [5.74, 6) is -0.550. The minimum atomic E-state index is -0.335. The van der Waals surface area contributed by atoms with Crippen LogP contribution in [-0.4, -0.2) is 27.2 Å². The minimum Gasteiger partial charge on any atom is -0.307 e. The Balaban J connectivity index is 1.58. The van der Waals surface area contributed by atoms with Gasteiger partial charge in [0, 0.05) is 29.4 Å². The molecule has 0 radical (unpaired) electrons. The molecule has 1 amide bonds. The molecule has 0 spiro atoms. The molecular formula is C21H17FN4OS. The zero-order valence-electron chi connectivity index (χ0n) is 15.1. The van der Waals surface area contributed by atoms with E-state index in [2.05, 4.69) is 10.1 Å². The Kier molecular flexibility index (Phi) is 4.99. The highest BCUT2D eigenvalue weighted by Gasteiger charge is 2.20. The van der Waals surface area contributed by atoms with Crippen LogP contribution in [0.15, 0.2) is 72.4 Å². The van der Waals surface area contributed by atoms with E-state index in [9.17, 15) is 9.18 Å². The second kappa shape index (κ2) is 7.74. The lowest BCUT2D eigenvalue weighted by molar-refractivity contribution is 0.0984. The minimum absolute atomic E-state index is 0.216. The predicted molar refractivity (Wildman–Crippen MR) is 108 cm³/mol. The van der Waals surface area contributed by atoms with Gasteiger partial charge in [-0.05, 0) is 43.3 Å². The Labute approximate surface area is 165 Å². The Hall–Kier alpha value is -3.32. The lowest BCUT2D eigenvalue weighted by Crippen LogP contribution is -2.30. The zero-order valence-corrected chi connectivity index (χ0v) is 15.9. The third-order valence-corrected chi connectivity index (χ3v) is 5.16. The van der Waals surface area contributed by atoms with E-state index in [4.69, 9.17) is 0 Å². The molecule has 0 saturated carbocycles. The summed E-state index contributed by atoms with van der Waals surface area (Å²) in [5.41, 5.74) is 2.80. The average Bonchev–Trinajstić information content (AvgIpc) is 3.40. The molecule has 0 saturated heterocycles. The summed E-state index contributed by atoms with van der Waals surface area (Å²) in [6.07, 6.45) is 3.62. The third kappa shape index (κ3) is 3.57. The highest BCUT2D eigenvalue weighted by molar-refractivity contribution is 7.13. The van der Waals surface area contributed by atoms with Gasteiger partial charge in [-0.25, -0.2) is 14.1 Å². The van der Waals surface area contributed by atoms with Gasteiger partial charge in [-0.2, -0.15) is 5.10 Å². The summed E-state index contributed by atoms with van der Waals surface area (Å²) in [6, 6.07) is 15.7. The summed E-state index contributed by atoms with van der Waals surface area (Å²) < 4.78 is 14.9. The number of rotatable bonds is 5. The second-order valence-electron chi connectivity index (χ2n) is 6.07. The third-order valence-electron chi connectivity index (χ3n) is 4.27. The quantitative estimate of drug-likeness (QED) is 0.490. The SMILES string of the molecule is CCN(C(=O)c1csc(-c2cnn(-c3ccccc3)c2)n1)c1ccc(F)cc1. The van der Waals surface area contributed by atoms with Crippen molar-refractivity contribution in [2.24, 2.45) is 0 Å². The lowest BCUT2D eigenvalue weighted by Gasteiger charge is -2.19. The van der Waals surface area contributed by atoms with Crippen LogP contribution in [-0.2, 0) is 0 Å². The summed E-state index contributed by atoms with van der Waals surface area (Å²) in [7, 11) is 0. The smallest absolute Gasteiger partial charge is 0.277 e. The lowest BCUT2D eigenvalue weighted by atomic mass is 10.2. The number of carbonyl (C=O) groups is 1. The number of para-hydroxylation sites is 1. The molecular weight excluding hydrogens is 375 g/mol. The second-order valence-corrected chi connectivity index (χ2v) is 6.93. The number of amides is 1. The van der Waals surface area contributed by atoms with Gasteiger partial charge in [0.2, 0.25) is 0 Å². The number of aromatic nitrogens is 3. The maximum Gasteiger partial charge on any atom is 0.277 e. The van der Waals surface area contributed by atoms with Gasteiger partial charge in [0.15, 0.2) is 0 Å². The summed E-state index contributed by atoms with van der Waals surface area (Å²) >= 11 is 1.39. The van der Waals surface area contributed by atoms with Crippen molar-refractivity contribution in [3.05, 3.63) is 83.9 Å². The van der Waals surface area contributed by atoms with Crippen LogP contribution < -0.4 is 4.90 Å². The molecule has 4 aromatic rings. The van der Waals surface area contributed by atoms with Gasteiger partial charge in [0.05, 0.1) is 11.9 Å². The molecule has 140 valence electrons. The first-order valence-corrected chi connectivity index (χ1v) is 9.67. The molecule has 0 unspecified atom stereocenters. The Morgan fingerprint density at radius 2 is 1.89 bits per heavy atom. The van der Waals surface area contributed by atoms with Crippen LogP contribution in [0.25, 0.3) is 16.3 Å². The van der Waals surface area contributed by atoms with Crippen LogP contribution in [0, 0.1) is 5.82 Å². The number of carbonyl (C=O) groups excluding carboxylic acids is 1. The van der Waals surface area contributed by atoms with Gasteiger partial charge in [-0.1, -0.05) is 18.2 Å². The first kappa shape index (κ1) is 18.1. The monoisotopic (exact) mass is 392 g/mol. The fraction of sp³-hybridized carbons (Fsp3) is 0.0952. The summed E-state index contributed by atoms with van der Waals surface area (Å²) in [5, 5.41) is 6.84. The summed E-state index contributed by atoms with van der Waals surface area (Å²) in [6.45, 7) is 2.34. The predicted octanol–water partition coefficient (Wildman–Crippen LogP) is 4.80. The van der Waals surface area contributed by atoms with Crippen molar-refractivity contribution in [2.75, 3.05) is 11.4 Å². The molecule has 28 heavy (non-hydrogen) atoms. The van der Waals surface area contributed by atoms with Crippen LogP contribution in [0.1, 0.15) is 17.4 Å². The van der Waals surface area contributed by atoms with Crippen molar-refractivity contribution in [3.8, 4) is 16.3 Å². The van der Waals surface area contributed by atoms with E-state index in [0.29, 0.717) is 17.9 Å². The highest BCUT2D eigenvalue weighted by Crippen LogP contribution is 2.26. The van der Waals surface area contributed by atoms with E-state index in [1.807, 2.05) is 43.5 Å². The van der Waals surface area contributed by atoms with E-state index in [0.717, 1.165) is 16.3 Å². The molecule has 2 heterocycles. The molecule has 2 aromatic carbocycles. The Morgan fingerprint density at radius 3 is 2.61 bits per heavy atom. The number of thiazole rings is 1. The topological polar surface area (TPSA) is 51.0 Å². The molecule has 0 aliphatic heterocycles. The number of anilines is 1. The first-order valence-electron chi connectivity index (χ1n) is 8.79. The van der Waals surface area contributed by atoms with Gasteiger partial charge in [0.25, 0.3) is 5.91 Å². The fourth-order valence-electron chi connectivity index (χ4n) is 2.86. The zero-order chi connectivity index (χ0) is 19.5. The normalized spacial score (nSPS) is 10.8. The maximum absolute atomic E-state index is 13.2. The van der Waals surface area contributed by atoms with Crippen LogP contribution in [0.3, 0.4) is 0 Å². The standard InChI is InChI=1S/C21H17FN4OS/c1-2-25(17-10-8-16(22)9-11-17)21(27)19-14-28-20(24-19)15-12-23-26(13-15)18-6-4-3-5-7-18/h3-14H,2H2,1H3. The maximum atomic E-state index is 13.2. The fourth-order valence-corrected chi connectivity index (χ4v) is 3.63. The number of hydrogen-bond donors (Lipinski definition) is 0. The number of benzene rings is 2. The first-order chi connectivity index (χ1) is 13.7. The van der Waals surface area contributed by atoms with Gasteiger partial charge < -0.3 is 4.90 Å². The van der Waals surface area contributed by atoms with Gasteiger partial charge in [-0.15, -0.1) is 11.3 Å². The number of halogens is 1. The molecule has 0 aliphatic carbocycles. The van der Waals surface area contributed by atoms with Gasteiger partial charge in [0.1, 0.15) is 16.5 Å².